The van der Waals surface area contributed by atoms with Gasteiger partial charge in [-0.25, -0.2) is 9.37 Å². The molecule has 2 aromatic carbocycles. The lowest BCUT2D eigenvalue weighted by Crippen LogP contribution is -2.10. The van der Waals surface area contributed by atoms with E-state index in [-0.39, 0.29) is 5.82 Å². The molecule has 0 fully saturated rings. The Bertz CT molecular complexity index is 777. The van der Waals surface area contributed by atoms with Gasteiger partial charge in [0.1, 0.15) is 11.6 Å². The van der Waals surface area contributed by atoms with Gasteiger partial charge in [-0.3, -0.25) is 4.79 Å². The van der Waals surface area contributed by atoms with E-state index in [0.29, 0.717) is 12.0 Å². The number of H-pyrrole nitrogens is 1. The van der Waals surface area contributed by atoms with Crippen LogP contribution >= 0.6 is 0 Å². The summed E-state index contributed by atoms with van der Waals surface area (Å²) in [5, 5.41) is 0. The first-order valence-corrected chi connectivity index (χ1v) is 6.15. The van der Waals surface area contributed by atoms with Crippen LogP contribution in [-0.2, 0) is 6.42 Å². The predicted octanol–water partition coefficient (Wildman–Crippen LogP) is 2.39. The summed E-state index contributed by atoms with van der Waals surface area (Å²) in [7, 11) is 0. The third-order valence-corrected chi connectivity index (χ3v) is 3.10. The van der Waals surface area contributed by atoms with Gasteiger partial charge in [0.05, 0.1) is 11.0 Å². The Morgan fingerprint density at radius 1 is 1.20 bits per heavy atom. The van der Waals surface area contributed by atoms with Gasteiger partial charge >= 0.3 is 0 Å². The lowest BCUT2D eigenvalue weighted by atomic mass is 10.1. The van der Waals surface area contributed by atoms with Crippen molar-refractivity contribution in [2.75, 3.05) is 0 Å². The van der Waals surface area contributed by atoms with Crippen LogP contribution in [0.3, 0.4) is 0 Å². The van der Waals surface area contributed by atoms with Crippen molar-refractivity contribution in [1.82, 2.24) is 9.97 Å². The summed E-state index contributed by atoms with van der Waals surface area (Å²) in [6, 6.07) is 11.4. The molecule has 5 heteroatoms. The SMILES string of the molecule is NC(=O)c1ccc2nc(Cc3ccc(F)cc3)[nH]c2c1. The number of nitrogens with one attached hydrogen (secondary N) is 1. The molecule has 100 valence electrons. The number of nitrogens with zero attached hydrogens (tertiary/aromatic N) is 1. The van der Waals surface area contributed by atoms with Crippen LogP contribution in [0.5, 0.6) is 0 Å². The fourth-order valence-corrected chi connectivity index (χ4v) is 2.10. The number of aromatic amines is 1. The van der Waals surface area contributed by atoms with Gasteiger partial charge in [0, 0.05) is 12.0 Å². The Morgan fingerprint density at radius 2 is 1.95 bits per heavy atom. The van der Waals surface area contributed by atoms with Crippen molar-refractivity contribution in [3.8, 4) is 0 Å². The van der Waals surface area contributed by atoms with Crippen molar-refractivity contribution in [1.29, 1.82) is 0 Å². The molecule has 1 amide bonds. The first kappa shape index (κ1) is 12.3. The molecule has 0 unspecified atom stereocenters. The largest absolute Gasteiger partial charge is 0.366 e. The summed E-state index contributed by atoms with van der Waals surface area (Å²) in [5.41, 5.74) is 8.17. The monoisotopic (exact) mass is 269 g/mol. The van der Waals surface area contributed by atoms with Crippen molar-refractivity contribution in [2.24, 2.45) is 5.73 Å². The molecule has 0 aliphatic rings. The summed E-state index contributed by atoms with van der Waals surface area (Å²) in [6.45, 7) is 0. The van der Waals surface area contributed by atoms with Gasteiger partial charge in [0.2, 0.25) is 5.91 Å². The van der Waals surface area contributed by atoms with E-state index in [1.807, 2.05) is 0 Å². The van der Waals surface area contributed by atoms with Gasteiger partial charge in [-0.2, -0.15) is 0 Å². The molecular formula is C15H12FN3O. The van der Waals surface area contributed by atoms with Crippen LogP contribution in [0.15, 0.2) is 42.5 Å². The maximum absolute atomic E-state index is 12.8. The number of primary amides is 1. The van der Waals surface area contributed by atoms with Gasteiger partial charge in [0.15, 0.2) is 0 Å². The molecule has 0 aliphatic carbocycles. The molecule has 3 aromatic rings. The minimum atomic E-state index is -0.471. The van der Waals surface area contributed by atoms with Gasteiger partial charge in [-0.05, 0) is 35.9 Å². The Balaban J connectivity index is 1.92. The third-order valence-electron chi connectivity index (χ3n) is 3.10. The number of hydrogen-bond donors (Lipinski definition) is 2. The minimum absolute atomic E-state index is 0.260. The number of fused-ring (bicyclic) bond motifs is 1. The van der Waals surface area contributed by atoms with E-state index in [2.05, 4.69) is 9.97 Å². The minimum Gasteiger partial charge on any atom is -0.366 e. The molecule has 0 atom stereocenters. The molecule has 0 spiro atoms. The zero-order valence-corrected chi connectivity index (χ0v) is 10.6. The number of nitrogens with two attached hydrogens (primary N) is 1. The van der Waals surface area contributed by atoms with E-state index in [1.165, 1.54) is 12.1 Å². The van der Waals surface area contributed by atoms with Crippen LogP contribution in [0.4, 0.5) is 4.39 Å². The van der Waals surface area contributed by atoms with Crippen LogP contribution in [0.2, 0.25) is 0 Å². The van der Waals surface area contributed by atoms with Gasteiger partial charge in [-0.1, -0.05) is 12.1 Å². The second-order valence-electron chi connectivity index (χ2n) is 4.58. The first-order valence-electron chi connectivity index (χ1n) is 6.15. The van der Waals surface area contributed by atoms with Crippen LogP contribution < -0.4 is 5.73 Å². The average Bonchev–Trinajstić information content (AvgIpc) is 2.82. The fraction of sp³-hybridized carbons (Fsp3) is 0.0667. The number of carbonyl (C=O) groups is 1. The highest BCUT2D eigenvalue weighted by atomic mass is 19.1. The molecule has 1 aromatic heterocycles. The van der Waals surface area contributed by atoms with E-state index in [1.54, 1.807) is 30.3 Å². The number of carbonyl (C=O) groups excluding carboxylic acids is 1. The summed E-state index contributed by atoms with van der Waals surface area (Å²) >= 11 is 0. The van der Waals surface area contributed by atoms with Crippen molar-refractivity contribution in [2.45, 2.75) is 6.42 Å². The summed E-state index contributed by atoms with van der Waals surface area (Å²) < 4.78 is 12.8. The molecule has 3 N–H and O–H groups in total. The van der Waals surface area contributed by atoms with E-state index >= 15 is 0 Å². The van der Waals surface area contributed by atoms with Crippen molar-refractivity contribution in [3.05, 3.63) is 65.2 Å². The number of rotatable bonds is 3. The highest BCUT2D eigenvalue weighted by Crippen LogP contribution is 2.16. The van der Waals surface area contributed by atoms with Crippen molar-refractivity contribution >= 4 is 16.9 Å². The van der Waals surface area contributed by atoms with Crippen molar-refractivity contribution < 1.29 is 9.18 Å². The average molecular weight is 269 g/mol. The second kappa shape index (κ2) is 4.77. The number of aromatic nitrogens is 2. The lowest BCUT2D eigenvalue weighted by Gasteiger charge is -1.97. The van der Waals surface area contributed by atoms with E-state index < -0.39 is 5.91 Å². The molecule has 0 aliphatic heterocycles. The maximum Gasteiger partial charge on any atom is 0.248 e. The zero-order valence-electron chi connectivity index (χ0n) is 10.6. The van der Waals surface area contributed by atoms with Crippen LogP contribution in [0, 0.1) is 5.82 Å². The van der Waals surface area contributed by atoms with Gasteiger partial charge in [-0.15, -0.1) is 0 Å². The lowest BCUT2D eigenvalue weighted by molar-refractivity contribution is 0.100. The Hall–Kier alpha value is -2.69. The molecule has 20 heavy (non-hydrogen) atoms. The van der Waals surface area contributed by atoms with Crippen LogP contribution in [0.25, 0.3) is 11.0 Å². The molecule has 0 bridgehead atoms. The Kier molecular flexibility index (Phi) is 2.95. The standard InChI is InChI=1S/C15H12FN3O/c16-11-4-1-9(2-5-11)7-14-18-12-6-3-10(15(17)20)8-13(12)19-14/h1-6,8H,7H2,(H2,17,20)(H,18,19). The topological polar surface area (TPSA) is 71.8 Å². The quantitative estimate of drug-likeness (QED) is 0.766. The van der Waals surface area contributed by atoms with Gasteiger partial charge < -0.3 is 10.7 Å². The number of amides is 1. The Labute approximate surface area is 114 Å². The second-order valence-corrected chi connectivity index (χ2v) is 4.58. The summed E-state index contributed by atoms with van der Waals surface area (Å²) in [6.07, 6.45) is 0.570. The van der Waals surface area contributed by atoms with Crippen molar-refractivity contribution in [3.63, 3.8) is 0 Å². The normalized spacial score (nSPS) is 10.8. The summed E-state index contributed by atoms with van der Waals surface area (Å²) in [4.78, 5) is 18.7. The Morgan fingerprint density at radius 3 is 2.65 bits per heavy atom. The predicted molar refractivity (Wildman–Crippen MR) is 73.8 cm³/mol. The fourth-order valence-electron chi connectivity index (χ4n) is 2.10. The highest BCUT2D eigenvalue weighted by Gasteiger charge is 2.07. The van der Waals surface area contributed by atoms with Gasteiger partial charge in [0.25, 0.3) is 0 Å². The van der Waals surface area contributed by atoms with E-state index in [4.69, 9.17) is 5.73 Å². The molecule has 4 nitrogen and oxygen atoms in total. The number of halogens is 1. The smallest absolute Gasteiger partial charge is 0.248 e. The molecule has 0 radical (unpaired) electrons. The van der Waals surface area contributed by atoms with E-state index in [0.717, 1.165) is 22.4 Å². The molecule has 1 heterocycles. The van der Waals surface area contributed by atoms with Crippen LogP contribution in [0.1, 0.15) is 21.7 Å². The molecular weight excluding hydrogens is 257 g/mol. The van der Waals surface area contributed by atoms with E-state index in [9.17, 15) is 9.18 Å². The highest BCUT2D eigenvalue weighted by molar-refractivity contribution is 5.96. The maximum atomic E-state index is 12.8. The van der Waals surface area contributed by atoms with Crippen LogP contribution in [-0.4, -0.2) is 15.9 Å². The number of hydrogen-bond acceptors (Lipinski definition) is 2. The number of imidazole rings is 1. The zero-order chi connectivity index (χ0) is 14.1. The number of benzene rings is 2. The molecule has 0 saturated heterocycles. The summed E-state index contributed by atoms with van der Waals surface area (Å²) in [5.74, 6) is 0.0271. The third kappa shape index (κ3) is 2.38. The molecule has 0 saturated carbocycles. The first-order chi connectivity index (χ1) is 9.61. The molecule has 3 rings (SSSR count).